The van der Waals surface area contributed by atoms with E-state index in [1.165, 1.54) is 0 Å². The number of benzene rings is 1. The second kappa shape index (κ2) is 5.92. The fourth-order valence-electron chi connectivity index (χ4n) is 1.42. The van der Waals surface area contributed by atoms with E-state index < -0.39 is 0 Å². The molecule has 0 bridgehead atoms. The minimum absolute atomic E-state index is 0.0338. The van der Waals surface area contributed by atoms with Crippen molar-refractivity contribution >= 4 is 17.7 Å². The smallest absolute Gasteiger partial charge is 0.127 e. The summed E-state index contributed by atoms with van der Waals surface area (Å²) in [5.41, 5.74) is 1.76. The van der Waals surface area contributed by atoms with Crippen LogP contribution >= 0.6 is 11.6 Å². The van der Waals surface area contributed by atoms with E-state index in [9.17, 15) is 5.11 Å². The number of halogens is 1. The average Bonchev–Trinajstić information content (AvgIpc) is 2.26. The zero-order valence-electron chi connectivity index (χ0n) is 9.83. The second-order valence-corrected chi connectivity index (χ2v) is 4.30. The fourth-order valence-corrected chi connectivity index (χ4v) is 1.64. The van der Waals surface area contributed by atoms with Crippen LogP contribution in [0.5, 0.6) is 5.75 Å². The zero-order chi connectivity index (χ0) is 12.1. The molecule has 0 aromatic heterocycles. The maximum absolute atomic E-state index is 9.26. The molecule has 1 aromatic rings. The molecule has 16 heavy (non-hydrogen) atoms. The van der Waals surface area contributed by atoms with Crippen LogP contribution in [0, 0.1) is 5.92 Å². The third-order valence-electron chi connectivity index (χ3n) is 2.49. The summed E-state index contributed by atoms with van der Waals surface area (Å²) in [7, 11) is 1.61. The lowest BCUT2D eigenvalue weighted by Gasteiger charge is -2.11. The summed E-state index contributed by atoms with van der Waals surface area (Å²) in [5, 5.41) is 9.89. The van der Waals surface area contributed by atoms with Gasteiger partial charge in [0.2, 0.25) is 0 Å². The molecule has 0 aliphatic carbocycles. The first-order valence-electron chi connectivity index (χ1n) is 5.24. The van der Waals surface area contributed by atoms with Crippen LogP contribution in [0.3, 0.4) is 0 Å². The SMILES string of the molecule is COc1cccc(Cl)c1/C=C(/CO)C(C)C. The van der Waals surface area contributed by atoms with Gasteiger partial charge in [-0.15, -0.1) is 0 Å². The zero-order valence-corrected chi connectivity index (χ0v) is 10.6. The average molecular weight is 241 g/mol. The quantitative estimate of drug-likeness (QED) is 0.874. The number of rotatable bonds is 4. The van der Waals surface area contributed by atoms with Gasteiger partial charge in [0, 0.05) is 5.56 Å². The van der Waals surface area contributed by atoms with Crippen molar-refractivity contribution in [3.63, 3.8) is 0 Å². The summed E-state index contributed by atoms with van der Waals surface area (Å²) in [6.45, 7) is 4.10. The van der Waals surface area contributed by atoms with E-state index in [1.54, 1.807) is 7.11 Å². The number of ether oxygens (including phenoxy) is 1. The molecule has 2 nitrogen and oxygen atoms in total. The van der Waals surface area contributed by atoms with E-state index in [0.29, 0.717) is 5.02 Å². The molecule has 0 aliphatic rings. The Morgan fingerprint density at radius 3 is 2.69 bits per heavy atom. The van der Waals surface area contributed by atoms with Gasteiger partial charge in [-0.25, -0.2) is 0 Å². The highest BCUT2D eigenvalue weighted by atomic mass is 35.5. The number of methoxy groups -OCH3 is 1. The van der Waals surface area contributed by atoms with E-state index in [4.69, 9.17) is 16.3 Å². The normalized spacial score (nSPS) is 12.0. The topological polar surface area (TPSA) is 29.5 Å². The molecule has 0 heterocycles. The number of hydrogen-bond acceptors (Lipinski definition) is 2. The highest BCUT2D eigenvalue weighted by molar-refractivity contribution is 6.32. The first-order valence-corrected chi connectivity index (χ1v) is 5.61. The lowest BCUT2D eigenvalue weighted by molar-refractivity contribution is 0.320. The van der Waals surface area contributed by atoms with E-state index in [2.05, 4.69) is 0 Å². The molecule has 1 aromatic carbocycles. The van der Waals surface area contributed by atoms with Crippen LogP contribution in [0.25, 0.3) is 6.08 Å². The lowest BCUT2D eigenvalue weighted by atomic mass is 10.0. The van der Waals surface area contributed by atoms with Crippen molar-refractivity contribution < 1.29 is 9.84 Å². The van der Waals surface area contributed by atoms with E-state index in [0.717, 1.165) is 16.9 Å². The Hall–Kier alpha value is -0.990. The molecule has 0 amide bonds. The van der Waals surface area contributed by atoms with E-state index >= 15 is 0 Å². The number of aliphatic hydroxyl groups excluding tert-OH is 1. The van der Waals surface area contributed by atoms with Crippen molar-refractivity contribution in [2.24, 2.45) is 5.92 Å². The highest BCUT2D eigenvalue weighted by Gasteiger charge is 2.08. The molecular weight excluding hydrogens is 224 g/mol. The highest BCUT2D eigenvalue weighted by Crippen LogP contribution is 2.29. The first kappa shape index (κ1) is 13.1. The van der Waals surface area contributed by atoms with Crippen molar-refractivity contribution in [3.05, 3.63) is 34.4 Å². The Morgan fingerprint density at radius 2 is 2.19 bits per heavy atom. The van der Waals surface area contributed by atoms with Gasteiger partial charge in [0.1, 0.15) is 5.75 Å². The molecule has 0 radical (unpaired) electrons. The van der Waals surface area contributed by atoms with Crippen LogP contribution in [0.4, 0.5) is 0 Å². The Balaban J connectivity index is 3.21. The Kier molecular flexibility index (Phi) is 4.84. The maximum Gasteiger partial charge on any atom is 0.127 e. The van der Waals surface area contributed by atoms with Crippen LogP contribution in [0.15, 0.2) is 23.8 Å². The summed E-state index contributed by atoms with van der Waals surface area (Å²) in [5.74, 6) is 1.00. The number of aliphatic hydroxyl groups is 1. The molecule has 0 atom stereocenters. The molecule has 0 spiro atoms. The Labute approximate surface area is 102 Å². The molecule has 0 unspecified atom stereocenters. The summed E-state index contributed by atoms with van der Waals surface area (Å²) in [6, 6.07) is 5.50. The van der Waals surface area contributed by atoms with Gasteiger partial charge in [-0.2, -0.15) is 0 Å². The van der Waals surface area contributed by atoms with E-state index in [1.807, 2.05) is 38.1 Å². The largest absolute Gasteiger partial charge is 0.496 e. The van der Waals surface area contributed by atoms with Gasteiger partial charge in [0.05, 0.1) is 18.7 Å². The fraction of sp³-hybridized carbons (Fsp3) is 0.385. The van der Waals surface area contributed by atoms with Gasteiger partial charge in [-0.3, -0.25) is 0 Å². The summed E-state index contributed by atoms with van der Waals surface area (Å²) >= 11 is 6.11. The van der Waals surface area contributed by atoms with Gasteiger partial charge < -0.3 is 9.84 Å². The monoisotopic (exact) mass is 240 g/mol. The molecule has 1 N–H and O–H groups in total. The van der Waals surface area contributed by atoms with Gasteiger partial charge in [-0.05, 0) is 29.7 Å². The molecule has 88 valence electrons. The predicted molar refractivity (Wildman–Crippen MR) is 67.9 cm³/mol. The molecule has 0 aliphatic heterocycles. The molecule has 0 saturated heterocycles. The van der Waals surface area contributed by atoms with Crippen LogP contribution in [0.2, 0.25) is 5.02 Å². The molecule has 3 heteroatoms. The van der Waals surface area contributed by atoms with Crippen molar-refractivity contribution in [3.8, 4) is 5.75 Å². The van der Waals surface area contributed by atoms with Crippen LogP contribution in [0.1, 0.15) is 19.4 Å². The summed E-state index contributed by atoms with van der Waals surface area (Å²) in [6.07, 6.45) is 1.89. The maximum atomic E-state index is 9.26. The predicted octanol–water partition coefficient (Wildman–Crippen LogP) is 3.38. The minimum atomic E-state index is 0.0338. The lowest BCUT2D eigenvalue weighted by Crippen LogP contribution is -1.99. The van der Waals surface area contributed by atoms with Gasteiger partial charge in [-0.1, -0.05) is 31.5 Å². The van der Waals surface area contributed by atoms with Crippen molar-refractivity contribution in [2.75, 3.05) is 13.7 Å². The van der Waals surface area contributed by atoms with Gasteiger partial charge in [0.25, 0.3) is 0 Å². The summed E-state index contributed by atoms with van der Waals surface area (Å²) in [4.78, 5) is 0. The molecular formula is C13H17ClO2. The van der Waals surface area contributed by atoms with Crippen molar-refractivity contribution in [1.82, 2.24) is 0 Å². The Morgan fingerprint density at radius 1 is 1.50 bits per heavy atom. The van der Waals surface area contributed by atoms with Gasteiger partial charge in [0.15, 0.2) is 0 Å². The third kappa shape index (κ3) is 3.00. The number of hydrogen-bond donors (Lipinski definition) is 1. The Bertz CT molecular complexity index is 384. The first-order chi connectivity index (χ1) is 7.60. The standard InChI is InChI=1S/C13H17ClO2/c1-9(2)10(8-15)7-11-12(14)5-4-6-13(11)16-3/h4-7,9,15H,8H2,1-3H3/b10-7-. The van der Waals surface area contributed by atoms with Crippen LogP contribution < -0.4 is 4.74 Å². The van der Waals surface area contributed by atoms with Crippen LogP contribution in [-0.4, -0.2) is 18.8 Å². The minimum Gasteiger partial charge on any atom is -0.496 e. The third-order valence-corrected chi connectivity index (χ3v) is 2.82. The molecule has 1 rings (SSSR count). The summed E-state index contributed by atoms with van der Waals surface area (Å²) < 4.78 is 5.24. The van der Waals surface area contributed by atoms with E-state index in [-0.39, 0.29) is 12.5 Å². The second-order valence-electron chi connectivity index (χ2n) is 3.89. The van der Waals surface area contributed by atoms with Crippen molar-refractivity contribution in [1.29, 1.82) is 0 Å². The molecule has 0 fully saturated rings. The molecule has 0 saturated carbocycles. The van der Waals surface area contributed by atoms with Gasteiger partial charge >= 0.3 is 0 Å². The van der Waals surface area contributed by atoms with Crippen LogP contribution in [-0.2, 0) is 0 Å². The van der Waals surface area contributed by atoms with Crippen molar-refractivity contribution in [2.45, 2.75) is 13.8 Å².